The number of hydrogen-bond donors (Lipinski definition) is 0. The lowest BCUT2D eigenvalue weighted by atomic mass is 9.91. The number of allylic oxidation sites excluding steroid dienone is 10. The van der Waals surface area contributed by atoms with Gasteiger partial charge in [-0.1, -0.05) is 0 Å². The Morgan fingerprint density at radius 1 is 0.500 bits per heavy atom. The maximum Gasteiger partial charge on any atom is 0.573 e. The summed E-state index contributed by atoms with van der Waals surface area (Å²) in [6.07, 6.45) is -11.8. The summed E-state index contributed by atoms with van der Waals surface area (Å²) >= 11 is 0. The van der Waals surface area contributed by atoms with Crippen molar-refractivity contribution >= 4 is 11.1 Å². The molecule has 10 nitrogen and oxygen atoms in total. The SMILES string of the molecule is N#CC1=C(F)/C(=C(/C#N)c2cc(C#N)cc(C#N)c2)C2=C1/C(OC(F)(F)F)=C/C(C#N)=C(F)\C(=C(\C#N)c1cc(C#N)cc(C#N)c1)\C=C\2OC(F)(F)F. The van der Waals surface area contributed by atoms with E-state index in [2.05, 4.69) is 9.47 Å². The summed E-state index contributed by atoms with van der Waals surface area (Å²) in [6.45, 7) is 0. The third kappa shape index (κ3) is 7.66. The number of halogens is 8. The van der Waals surface area contributed by atoms with Gasteiger partial charge in [0.15, 0.2) is 5.83 Å². The molecule has 0 heterocycles. The number of rotatable bonds is 4. The molecule has 0 saturated heterocycles. The van der Waals surface area contributed by atoms with Crippen molar-refractivity contribution in [1.29, 1.82) is 42.1 Å². The molecule has 2 aliphatic rings. The highest BCUT2D eigenvalue weighted by Gasteiger charge is 2.45. The molecule has 2 aromatic carbocycles. The smallest absolute Gasteiger partial charge is 0.405 e. The predicted octanol–water partition coefficient (Wildman–Crippen LogP) is 8.09. The van der Waals surface area contributed by atoms with E-state index in [1.807, 2.05) is 0 Å². The van der Waals surface area contributed by atoms with Crippen molar-refractivity contribution in [3.8, 4) is 48.6 Å². The monoisotopic (exact) mass is 736 g/mol. The zero-order valence-corrected chi connectivity index (χ0v) is 26.0. The Bertz CT molecular complexity index is 2570. The Balaban J connectivity index is 2.42. The minimum absolute atomic E-state index is 0.0124. The number of benzene rings is 2. The Kier molecular flexibility index (Phi) is 10.5. The van der Waals surface area contributed by atoms with Crippen LogP contribution in [-0.4, -0.2) is 12.7 Å². The molecule has 4 rings (SSSR count). The van der Waals surface area contributed by atoms with Gasteiger partial charge in [-0.05, 0) is 53.6 Å². The molecule has 54 heavy (non-hydrogen) atoms. The molecule has 0 N–H and O–H groups in total. The third-order valence-electron chi connectivity index (χ3n) is 7.09. The average Bonchev–Trinajstić information content (AvgIpc) is 3.43. The summed E-state index contributed by atoms with van der Waals surface area (Å²) in [5.74, 6) is -7.72. The van der Waals surface area contributed by atoms with Crippen LogP contribution in [0.15, 0.2) is 105 Å². The van der Waals surface area contributed by atoms with Crippen molar-refractivity contribution < 1.29 is 44.6 Å². The molecular formula is C36H8F8N8O2. The lowest BCUT2D eigenvalue weighted by Gasteiger charge is -2.20. The average molecular weight is 736 g/mol. The van der Waals surface area contributed by atoms with Crippen molar-refractivity contribution in [2.45, 2.75) is 12.7 Å². The van der Waals surface area contributed by atoms with Crippen LogP contribution >= 0.6 is 0 Å². The number of hydrogen-bond acceptors (Lipinski definition) is 10. The van der Waals surface area contributed by atoms with E-state index in [0.29, 0.717) is 0 Å². The van der Waals surface area contributed by atoms with Gasteiger partial charge in [-0.25, -0.2) is 8.78 Å². The molecule has 0 spiro atoms. The van der Waals surface area contributed by atoms with Crippen LogP contribution in [0.4, 0.5) is 35.1 Å². The first-order chi connectivity index (χ1) is 25.5. The molecule has 0 saturated carbocycles. The number of ether oxygens (including phenoxy) is 2. The fourth-order valence-corrected chi connectivity index (χ4v) is 5.13. The van der Waals surface area contributed by atoms with Crippen molar-refractivity contribution in [2.75, 3.05) is 0 Å². The van der Waals surface area contributed by atoms with Gasteiger partial charge >= 0.3 is 12.7 Å². The Morgan fingerprint density at radius 2 is 0.926 bits per heavy atom. The largest absolute Gasteiger partial charge is 0.573 e. The number of nitrogens with zero attached hydrogens (tertiary/aromatic N) is 8. The second-order valence-electron chi connectivity index (χ2n) is 10.3. The zero-order chi connectivity index (χ0) is 40.1. The molecule has 0 fully saturated rings. The molecule has 260 valence electrons. The summed E-state index contributed by atoms with van der Waals surface area (Å²) in [6, 6.07) is 17.1. The lowest BCUT2D eigenvalue weighted by Crippen LogP contribution is -2.18. The summed E-state index contributed by atoms with van der Waals surface area (Å²) < 4.78 is 125. The Morgan fingerprint density at radius 3 is 1.30 bits per heavy atom. The molecule has 0 atom stereocenters. The molecule has 0 aromatic heterocycles. The van der Waals surface area contributed by atoms with Crippen molar-refractivity contribution in [3.63, 3.8) is 0 Å². The first kappa shape index (κ1) is 38.4. The molecule has 18 heteroatoms. The third-order valence-corrected chi connectivity index (χ3v) is 7.09. The molecule has 0 unspecified atom stereocenters. The van der Waals surface area contributed by atoms with Crippen LogP contribution in [0.3, 0.4) is 0 Å². The molecule has 2 aliphatic carbocycles. The first-order valence-electron chi connectivity index (χ1n) is 14.0. The topological polar surface area (TPSA) is 209 Å². The second kappa shape index (κ2) is 14.8. The molecule has 0 bridgehead atoms. The second-order valence-corrected chi connectivity index (χ2v) is 10.3. The maximum absolute atomic E-state index is 16.5. The number of alkyl halides is 6. The highest BCUT2D eigenvalue weighted by Crippen LogP contribution is 2.51. The zero-order valence-electron chi connectivity index (χ0n) is 26.0. The molecule has 0 amide bonds. The maximum atomic E-state index is 16.5. The summed E-state index contributed by atoms with van der Waals surface area (Å²) in [5, 5.41) is 78.0. The van der Waals surface area contributed by atoms with Gasteiger partial charge in [0.25, 0.3) is 0 Å². The highest BCUT2D eigenvalue weighted by atomic mass is 19.4. The quantitative estimate of drug-likeness (QED) is 0.218. The fourth-order valence-electron chi connectivity index (χ4n) is 5.13. The fraction of sp³-hybridized carbons (Fsp3) is 0.0556. The van der Waals surface area contributed by atoms with E-state index >= 15 is 8.78 Å². The standard InChI is InChI=1S/C36H8F8N8O2/c37-33-23(13-49)7-28(53-35(39,40)41)30-27(16-52)34(38)31(26(15-51)22-5-19(11-47)2-20(6-22)12-48)32(30)29(54-36(42,43)44)8-24(33)25(14-50)21-3-17(9-45)1-18(4-21)10-46/h1-8H/b25-24-,28-7-,29-8-,31-26-,33-23-. The summed E-state index contributed by atoms with van der Waals surface area (Å²) in [7, 11) is 0. The Labute approximate surface area is 297 Å². The van der Waals surface area contributed by atoms with Crippen molar-refractivity contribution in [2.24, 2.45) is 0 Å². The van der Waals surface area contributed by atoms with E-state index in [-0.39, 0.29) is 34.4 Å². The summed E-state index contributed by atoms with van der Waals surface area (Å²) in [5.41, 5.74) is -13.6. The van der Waals surface area contributed by atoms with Crippen LogP contribution in [0, 0.1) is 90.6 Å². The van der Waals surface area contributed by atoms with E-state index < -0.39 is 91.6 Å². The van der Waals surface area contributed by atoms with Crippen LogP contribution < -0.4 is 0 Å². The van der Waals surface area contributed by atoms with E-state index in [1.54, 1.807) is 24.3 Å². The van der Waals surface area contributed by atoms with E-state index in [1.165, 1.54) is 12.1 Å². The van der Waals surface area contributed by atoms with Gasteiger partial charge in [-0.3, -0.25) is 0 Å². The normalized spacial score (nSPS) is 19.3. The van der Waals surface area contributed by atoms with E-state index in [0.717, 1.165) is 48.5 Å². The molecular weight excluding hydrogens is 728 g/mol. The van der Waals surface area contributed by atoms with Crippen LogP contribution in [0.25, 0.3) is 11.1 Å². The van der Waals surface area contributed by atoms with E-state index in [9.17, 15) is 68.4 Å². The number of nitriles is 8. The first-order valence-corrected chi connectivity index (χ1v) is 14.0. The minimum Gasteiger partial charge on any atom is -0.405 e. The van der Waals surface area contributed by atoms with Crippen molar-refractivity contribution in [1.82, 2.24) is 0 Å². The van der Waals surface area contributed by atoms with Gasteiger partial charge in [-0.2, -0.15) is 42.1 Å². The van der Waals surface area contributed by atoms with E-state index in [4.69, 9.17) is 0 Å². The minimum atomic E-state index is -5.89. The van der Waals surface area contributed by atoms with Gasteiger partial charge in [-0.15, -0.1) is 26.3 Å². The summed E-state index contributed by atoms with van der Waals surface area (Å²) in [4.78, 5) is 0. The van der Waals surface area contributed by atoms with Crippen LogP contribution in [0.1, 0.15) is 33.4 Å². The van der Waals surface area contributed by atoms with Gasteiger partial charge in [0.05, 0.1) is 63.3 Å². The van der Waals surface area contributed by atoms with Gasteiger partial charge in [0, 0.05) is 28.4 Å². The predicted molar refractivity (Wildman–Crippen MR) is 162 cm³/mol. The highest BCUT2D eigenvalue weighted by molar-refractivity contribution is 5.93. The molecule has 2 aromatic rings. The van der Waals surface area contributed by atoms with Crippen LogP contribution in [-0.2, 0) is 9.47 Å². The molecule has 0 aliphatic heterocycles. The van der Waals surface area contributed by atoms with Crippen molar-refractivity contribution in [3.05, 3.63) is 139 Å². The van der Waals surface area contributed by atoms with Gasteiger partial charge in [0.2, 0.25) is 0 Å². The molecule has 0 radical (unpaired) electrons. The van der Waals surface area contributed by atoms with Crippen LogP contribution in [0.5, 0.6) is 0 Å². The van der Waals surface area contributed by atoms with Gasteiger partial charge in [0.1, 0.15) is 47.2 Å². The Hall–Kier alpha value is -8.42. The lowest BCUT2D eigenvalue weighted by molar-refractivity contribution is -0.306. The van der Waals surface area contributed by atoms with Crippen LogP contribution in [0.2, 0.25) is 0 Å². The van der Waals surface area contributed by atoms with Gasteiger partial charge < -0.3 is 9.47 Å².